The van der Waals surface area contributed by atoms with E-state index in [4.69, 9.17) is 27.4 Å². The fourth-order valence-electron chi connectivity index (χ4n) is 7.44. The van der Waals surface area contributed by atoms with Crippen LogP contribution in [0.25, 0.3) is 77.8 Å². The summed E-state index contributed by atoms with van der Waals surface area (Å²) in [5, 5.41) is -7.82. The minimum absolute atomic E-state index is 0.603. The van der Waals surface area contributed by atoms with Crippen molar-refractivity contribution >= 4 is 72.4 Å². The summed E-state index contributed by atoms with van der Waals surface area (Å²) >= 11 is 0. The molecule has 0 saturated heterocycles. The number of para-hydroxylation sites is 5. The highest BCUT2D eigenvalue weighted by Crippen LogP contribution is 2.38. The van der Waals surface area contributed by atoms with Gasteiger partial charge in [-0.25, -0.2) is 9.97 Å². The van der Waals surface area contributed by atoms with Crippen LogP contribution in [0, 0.1) is 0 Å². The van der Waals surface area contributed by atoms with E-state index in [1.54, 1.807) is 0 Å². The Morgan fingerprint density at radius 2 is 0.746 bits per heavy atom. The number of fused-ring (bicyclic) bond motifs is 6. The van der Waals surface area contributed by atoms with Gasteiger partial charge in [-0.1, -0.05) is 205 Å². The Hall–Kier alpha value is -8.12. The third kappa shape index (κ3) is 5.89. The third-order valence-electron chi connectivity index (χ3n) is 10.0. The lowest BCUT2D eigenvalue weighted by Crippen LogP contribution is -2.74. The lowest BCUT2D eigenvalue weighted by atomic mass is 10.1. The monoisotopic (exact) mass is 860 g/mol. The second-order valence-corrected chi connectivity index (χ2v) is 16.7. The van der Waals surface area contributed by atoms with Gasteiger partial charge in [-0.05, 0) is 57.0 Å². The number of nitrogens with zero attached hydrogens (tertiary/aromatic N) is 4. The molecule has 0 unspecified atom stereocenters. The molecule has 0 atom stereocenters. The van der Waals surface area contributed by atoms with Crippen molar-refractivity contribution in [3.63, 3.8) is 0 Å². The Morgan fingerprint density at radius 3 is 1.25 bits per heavy atom. The molecule has 0 spiro atoms. The van der Waals surface area contributed by atoms with Crippen LogP contribution in [0.2, 0.25) is 0 Å². The number of rotatable bonds is 8. The first-order chi connectivity index (χ1) is 47.5. The summed E-state index contributed by atoms with van der Waals surface area (Å²) in [5.41, 5.74) is -8.52. The molecule has 3 aromatic heterocycles. The van der Waals surface area contributed by atoms with Crippen LogP contribution in [0.1, 0.15) is 53.5 Å². The fourth-order valence-corrected chi connectivity index (χ4v) is 11.0. The molecule has 63 heavy (non-hydrogen) atoms. The Labute approximate surface area is 421 Å². The molecule has 0 aliphatic heterocycles. The Balaban J connectivity index is 1.42. The summed E-state index contributed by atoms with van der Waals surface area (Å²) in [4.78, 5) is 9.34. The van der Waals surface area contributed by atoms with Crippen molar-refractivity contribution in [2.45, 2.75) is 0 Å². The summed E-state index contributed by atoms with van der Waals surface area (Å²) in [6.07, 6.45) is 0. The van der Waals surface area contributed by atoms with E-state index < -0.39 is 342 Å². The summed E-state index contributed by atoms with van der Waals surface area (Å²) in [6.45, 7) is 0. The van der Waals surface area contributed by atoms with E-state index in [1.165, 1.54) is 0 Å². The molecule has 0 fully saturated rings. The Bertz CT molecular complexity index is 5550. The molecule has 296 valence electrons. The van der Waals surface area contributed by atoms with Crippen molar-refractivity contribution in [3.05, 3.63) is 242 Å². The van der Waals surface area contributed by atoms with Crippen molar-refractivity contribution in [2.24, 2.45) is 0 Å². The Morgan fingerprint density at radius 1 is 0.349 bits per heavy atom. The predicted octanol–water partition coefficient (Wildman–Crippen LogP) is 11.4. The number of aromatic nitrogens is 4. The molecule has 0 radical (unpaired) electrons. The second-order valence-electron chi connectivity index (χ2n) is 13.2. The molecule has 3 heterocycles. The van der Waals surface area contributed by atoms with E-state index in [-0.39, 0.29) is 0 Å². The molecule has 12 aromatic rings. The maximum atomic E-state index is 10.7. The standard InChI is InChI=1S/C58H40N4Si/c1-4-22-42(23-5-1)63(43-24-6-2-7-25-43,44-26-8-3-9-27-44)45-28-20-21-41(39-45)51-40-52(60-58(59-51)62-55-36-17-12-31-48(55)49-32-13-18-37-56(49)62)50-33-14-19-38-57(50)61-53-34-15-10-29-46(53)47-30-11-16-35-54(47)61/h1-40H/i1D,2D,3D,4D,5D,6D,7D,8D,9D,10D,11D,12D,13D,14D,15D,16D,17D,18D,19D,20D,21D,22D,23D,24D,25D,26D,27D,28D,29D,30D,31D,32D,33D,34D,35D,36D,37D,38D,39D. The SMILES string of the molecule is [2H]c1c([2H])c([2H])c([Si](c2c([2H])c([2H])c([2H])c([2H])c2[2H])(c2c([2H])c([2H])c([2H])c([2H])c2[2H])c2c([2H])c([2H])c([2H])c(-c3cc(-c4c([2H])c([2H])c([2H])c([2H])c4-n4c5c([2H])c([2H])c([2H])c([2H])c5c5c([2H])c([2H])c([2H])c([2H])c54)nc(-n4c5c([2H])c([2H])c([2H])c([2H])c5c5c([2H])c([2H])c([2H])c([2H])c54)n3)c2[2H])c([2H])c1[2H]. The van der Waals surface area contributed by atoms with E-state index in [2.05, 4.69) is 9.97 Å². The molecule has 0 saturated carbocycles. The highest BCUT2D eigenvalue weighted by Gasteiger charge is 2.41. The van der Waals surface area contributed by atoms with Gasteiger partial charge in [0, 0.05) is 32.7 Å². The lowest BCUT2D eigenvalue weighted by molar-refractivity contribution is 0.994. The van der Waals surface area contributed by atoms with Gasteiger partial charge in [-0.2, -0.15) is 0 Å². The zero-order chi connectivity index (χ0) is 75.7. The number of benzene rings is 9. The third-order valence-corrected chi connectivity index (χ3v) is 14.0. The first kappa shape index (κ1) is 14.5. The van der Waals surface area contributed by atoms with Gasteiger partial charge in [-0.15, -0.1) is 0 Å². The second kappa shape index (κ2) is 15.1. The quantitative estimate of drug-likeness (QED) is 0.113. The number of hydrogen-bond donors (Lipinski definition) is 0. The molecule has 0 N–H and O–H groups in total. The van der Waals surface area contributed by atoms with Crippen LogP contribution in [-0.4, -0.2) is 27.2 Å². The van der Waals surface area contributed by atoms with Crippen LogP contribution in [-0.2, 0) is 0 Å². The molecule has 4 nitrogen and oxygen atoms in total. The molecule has 12 rings (SSSR count). The van der Waals surface area contributed by atoms with Gasteiger partial charge in [-0.3, -0.25) is 4.57 Å². The van der Waals surface area contributed by atoms with Crippen molar-refractivity contribution in [1.29, 1.82) is 0 Å². The van der Waals surface area contributed by atoms with E-state index in [9.17, 15) is 26.0 Å². The molecular formula is C58H40N4Si. The molecule has 0 aliphatic carbocycles. The number of hydrogen-bond acceptors (Lipinski definition) is 2. The van der Waals surface area contributed by atoms with Crippen molar-refractivity contribution in [2.75, 3.05) is 0 Å². The van der Waals surface area contributed by atoms with Gasteiger partial charge >= 0.3 is 0 Å². The van der Waals surface area contributed by atoms with Gasteiger partial charge < -0.3 is 4.57 Å². The summed E-state index contributed by atoms with van der Waals surface area (Å²) in [7, 11) is -6.68. The van der Waals surface area contributed by atoms with E-state index in [1.807, 2.05) is 0 Å². The zero-order valence-electron chi connectivity index (χ0n) is 70.4. The van der Waals surface area contributed by atoms with E-state index in [0.717, 1.165) is 0 Å². The first-order valence-corrected chi connectivity index (χ1v) is 20.3. The van der Waals surface area contributed by atoms with Gasteiger partial charge in [0.25, 0.3) is 0 Å². The van der Waals surface area contributed by atoms with Gasteiger partial charge in [0.15, 0.2) is 8.07 Å². The lowest BCUT2D eigenvalue weighted by Gasteiger charge is -2.34. The molecule has 0 bridgehead atoms. The largest absolute Gasteiger partial charge is 0.309 e. The molecule has 5 heteroatoms. The summed E-state index contributed by atoms with van der Waals surface area (Å²) in [6, 6.07) is -45.6. The highest BCUT2D eigenvalue weighted by atomic mass is 28.3. The van der Waals surface area contributed by atoms with E-state index >= 15 is 0 Å². The van der Waals surface area contributed by atoms with Gasteiger partial charge in [0.2, 0.25) is 5.95 Å². The summed E-state index contributed by atoms with van der Waals surface area (Å²) in [5.74, 6) is -1.16. The van der Waals surface area contributed by atoms with Crippen molar-refractivity contribution < 1.29 is 53.5 Å². The normalized spacial score (nSPS) is 20.5. The fraction of sp³-hybridized carbons (Fsp3) is 0. The smallest absolute Gasteiger partial charge is 0.235 e. The summed E-state index contributed by atoms with van der Waals surface area (Å²) < 4.78 is 363. The van der Waals surface area contributed by atoms with Crippen LogP contribution in [0.15, 0.2) is 242 Å². The predicted molar refractivity (Wildman–Crippen MR) is 265 cm³/mol. The highest BCUT2D eigenvalue weighted by molar-refractivity contribution is 7.19. The van der Waals surface area contributed by atoms with Crippen LogP contribution >= 0.6 is 0 Å². The molecule has 9 aromatic carbocycles. The topological polar surface area (TPSA) is 35.6 Å². The average Bonchev–Trinajstić information content (AvgIpc) is 0.832. The van der Waals surface area contributed by atoms with Crippen molar-refractivity contribution in [3.8, 4) is 34.2 Å². The van der Waals surface area contributed by atoms with Crippen LogP contribution < -0.4 is 20.7 Å². The van der Waals surface area contributed by atoms with Crippen LogP contribution in [0.3, 0.4) is 0 Å². The first-order valence-electron chi connectivity index (χ1n) is 37.8. The van der Waals surface area contributed by atoms with Crippen LogP contribution in [0.4, 0.5) is 0 Å². The zero-order valence-corrected chi connectivity index (χ0v) is 32.4. The van der Waals surface area contributed by atoms with E-state index in [0.29, 0.717) is 15.2 Å². The average molecular weight is 860 g/mol. The molecular weight excluding hydrogens is 781 g/mol. The van der Waals surface area contributed by atoms with Gasteiger partial charge in [0.1, 0.15) is 0 Å². The van der Waals surface area contributed by atoms with Gasteiger partial charge in [0.05, 0.1) is 92.6 Å². The van der Waals surface area contributed by atoms with Crippen LogP contribution in [0.5, 0.6) is 0 Å². The molecule has 0 amide bonds. The maximum absolute atomic E-state index is 10.7. The minimum Gasteiger partial charge on any atom is -0.309 e. The molecule has 0 aliphatic rings. The van der Waals surface area contributed by atoms with Crippen molar-refractivity contribution in [1.82, 2.24) is 19.1 Å². The minimum atomic E-state index is -6.68. The maximum Gasteiger partial charge on any atom is 0.235 e. The Kier molecular flexibility index (Phi) is 3.47.